The Labute approximate surface area is 767 Å². The van der Waals surface area contributed by atoms with Crippen LogP contribution in [-0.4, -0.2) is 294 Å². The molecule has 21 rings (SSSR count). The van der Waals surface area contributed by atoms with Gasteiger partial charge in [-0.05, 0) is 47.2 Å². The lowest BCUT2D eigenvalue weighted by atomic mass is 10.1. The molecule has 12 aliphatic heterocycles. The summed E-state index contributed by atoms with van der Waals surface area (Å²) < 4.78 is 178. The molecule has 133 heavy (non-hydrogen) atoms. The van der Waals surface area contributed by atoms with Crippen molar-refractivity contribution in [2.45, 2.75) is 178 Å². The molecular weight excluding hydrogens is 2030 g/mol. The Hall–Kier alpha value is -6.90. The molecule has 0 radical (unpaired) electrons. The van der Waals surface area contributed by atoms with Crippen LogP contribution in [0.1, 0.15) is 103 Å². The summed E-state index contributed by atoms with van der Waals surface area (Å²) in [7, 11) is -5.04. The van der Waals surface area contributed by atoms with Crippen molar-refractivity contribution in [3.05, 3.63) is 67.1 Å². The van der Waals surface area contributed by atoms with E-state index in [1.807, 2.05) is 0 Å². The van der Waals surface area contributed by atoms with Gasteiger partial charge in [-0.3, -0.25) is 79.5 Å². The smallest absolute Gasteiger partial charge is 0.389 e. The summed E-state index contributed by atoms with van der Waals surface area (Å²) in [5, 5.41) is 32.9. The van der Waals surface area contributed by atoms with Crippen molar-refractivity contribution in [2.75, 3.05) is 56.8 Å². The van der Waals surface area contributed by atoms with E-state index in [0.29, 0.717) is 24.2 Å². The highest BCUT2D eigenvalue weighted by Crippen LogP contribution is 2.62. The number of carbonyl (C=O) groups excluding carboxylic acids is 1. The largest absolute Gasteiger partial charge is 0.472 e. The maximum absolute atomic E-state index is 16.0. The summed E-state index contributed by atoms with van der Waals surface area (Å²) in [4.78, 5) is 148. The van der Waals surface area contributed by atoms with Gasteiger partial charge in [0, 0.05) is 50.7 Å². The van der Waals surface area contributed by atoms with Crippen molar-refractivity contribution in [3.8, 4) is 0 Å². The van der Waals surface area contributed by atoms with Crippen LogP contribution in [0.4, 0.5) is 48.5 Å². The fraction of sp³-hybridized carbons (Fsp3) is 0.583. The molecule has 30 atom stereocenters. The molecule has 0 aromatic carbocycles. The highest BCUT2D eigenvalue weighted by molar-refractivity contribution is 8.44. The molecule has 0 aliphatic carbocycles. The number of H-pyrrole nitrogens is 3. The molecule has 9 aromatic rings. The van der Waals surface area contributed by atoms with Crippen molar-refractivity contribution in [3.63, 3.8) is 0 Å². The van der Waals surface area contributed by atoms with Crippen molar-refractivity contribution < 1.29 is 135 Å². The minimum Gasteiger partial charge on any atom is -0.389 e. The van der Waals surface area contributed by atoms with Gasteiger partial charge in [-0.2, -0.15) is 29.0 Å². The lowest BCUT2D eigenvalue weighted by Gasteiger charge is -2.28. The van der Waals surface area contributed by atoms with Crippen molar-refractivity contribution >= 4 is 206 Å². The van der Waals surface area contributed by atoms with Crippen LogP contribution < -0.4 is 45.3 Å². The number of thiol groups is 1. The Morgan fingerprint density at radius 1 is 0.474 bits per heavy atom. The minimum atomic E-state index is -5.04. The number of nitrogens with zero attached hydrogens (tertiary/aromatic N) is 21. The van der Waals surface area contributed by atoms with Crippen LogP contribution in [0.3, 0.4) is 0 Å². The summed E-state index contributed by atoms with van der Waals surface area (Å²) >= 11 is 26.0. The number of nitrogens with two attached hydrogens (primary N) is 5. The third-order valence-corrected chi connectivity index (χ3v) is 32.4. The summed E-state index contributed by atoms with van der Waals surface area (Å²) in [6, 6.07) is -0.986. The van der Waals surface area contributed by atoms with E-state index in [2.05, 4.69) is 103 Å². The number of ether oxygens (including phenoxy) is 5. The maximum Gasteiger partial charge on any atom is 0.472 e. The molecule has 9 fully saturated rings. The lowest BCUT2D eigenvalue weighted by molar-refractivity contribution is -0.0653. The molecule has 21 heterocycles. The van der Waals surface area contributed by atoms with Gasteiger partial charge in [0.1, 0.15) is 71.7 Å². The number of aliphatic hydroxyl groups is 1. The number of aliphatic imine (C=N–C) groups is 3. The van der Waals surface area contributed by atoms with Crippen LogP contribution >= 0.6 is 65.5 Å². The number of aromatic amines is 3. The number of aliphatic hydroxyl groups excluding tert-OH is 1. The molecule has 0 spiro atoms. The van der Waals surface area contributed by atoms with Gasteiger partial charge in [0.15, 0.2) is 112 Å². The zero-order valence-corrected chi connectivity index (χ0v) is 77.1. The van der Waals surface area contributed by atoms with E-state index in [0.717, 1.165) is 36.7 Å². The maximum atomic E-state index is 16.0. The second kappa shape index (κ2) is 36.7. The van der Waals surface area contributed by atoms with Crippen molar-refractivity contribution in [1.29, 1.82) is 0 Å². The quantitative estimate of drug-likeness (QED) is 0.0781. The first-order chi connectivity index (χ1) is 63.1. The van der Waals surface area contributed by atoms with Gasteiger partial charge >= 0.3 is 41.5 Å². The van der Waals surface area contributed by atoms with Crippen LogP contribution in [0.25, 0.3) is 33.5 Å². The third-order valence-electron chi connectivity index (χ3n) is 22.0. The van der Waals surface area contributed by atoms with E-state index in [1.165, 1.54) is 28.0 Å². The number of halogens is 3. The topological polar surface area (TPSA) is 780 Å². The summed E-state index contributed by atoms with van der Waals surface area (Å²) in [5.41, 5.74) is 27.9. The first kappa shape index (κ1) is 95.0. The normalized spacial score (nSPS) is 39.2. The Kier molecular flexibility index (Phi) is 26.2. The zero-order valence-electron chi connectivity index (χ0n) is 66.8. The summed E-state index contributed by atoms with van der Waals surface area (Å²) in [6.45, 7) is -23.9. The third kappa shape index (κ3) is 19.1. The molecule has 6 bridgehead atoms. The second-order valence-corrected chi connectivity index (χ2v) is 47.6. The number of thioether (sulfide) groups is 1. The van der Waals surface area contributed by atoms with Gasteiger partial charge < -0.3 is 105 Å². The van der Waals surface area contributed by atoms with Crippen LogP contribution in [0.5, 0.6) is 0 Å². The summed E-state index contributed by atoms with van der Waals surface area (Å²) in [5.74, 6) is -0.515. The molecule has 0 amide bonds. The van der Waals surface area contributed by atoms with Crippen LogP contribution in [0.15, 0.2) is 48.3 Å². The number of rotatable bonds is 6. The molecule has 0 saturated carbocycles. The highest BCUT2D eigenvalue weighted by Gasteiger charge is 2.58. The van der Waals surface area contributed by atoms with E-state index in [9.17, 15) is 57.9 Å². The predicted molar refractivity (Wildman–Crippen MR) is 462 cm³/mol. The number of phosphoric ester groups is 1. The molecule has 718 valence electrons. The van der Waals surface area contributed by atoms with Gasteiger partial charge in [0.2, 0.25) is 17.8 Å². The fourth-order valence-corrected chi connectivity index (χ4v) is 25.9. The highest BCUT2D eigenvalue weighted by atomic mass is 32.7. The Morgan fingerprint density at radius 3 is 1.50 bits per heavy atom. The zero-order chi connectivity index (χ0) is 93.8. The van der Waals surface area contributed by atoms with Crippen molar-refractivity contribution in [2.24, 2.45) is 26.4 Å². The van der Waals surface area contributed by atoms with E-state index >= 15 is 13.2 Å². The number of hydrogen-bond donors (Lipinski definition) is 15. The molecule has 19 N–H and O–H groups in total. The predicted octanol–water partition coefficient (Wildman–Crippen LogP) is 0.194. The fourth-order valence-electron chi connectivity index (χ4n) is 16.0. The van der Waals surface area contributed by atoms with Gasteiger partial charge in [0.25, 0.3) is 16.7 Å². The van der Waals surface area contributed by atoms with Gasteiger partial charge in [-0.1, -0.05) is 27.9 Å². The number of phosphoric acid groups is 1. The second-order valence-electron chi connectivity index (χ2n) is 30.8. The van der Waals surface area contributed by atoms with Gasteiger partial charge in [0.05, 0.1) is 94.3 Å². The molecule has 9 saturated heterocycles. The van der Waals surface area contributed by atoms with Gasteiger partial charge in [-0.25, -0.2) is 52.2 Å². The number of alkyl halides is 3. The first-order valence-electron chi connectivity index (χ1n) is 39.2. The summed E-state index contributed by atoms with van der Waals surface area (Å²) in [6.07, 6.45) is -19.2. The number of Topliss-reactive ketones (excluding diaryl/α,β-unsaturated/α-hetero) is 1. The number of aromatic nitrogens is 21. The van der Waals surface area contributed by atoms with Crippen LogP contribution in [0, 0.1) is 0 Å². The van der Waals surface area contributed by atoms with E-state index in [4.69, 9.17) is 154 Å². The number of nitrogen functional groups attached to an aromatic ring is 3. The molecule has 58 nitrogen and oxygen atoms in total. The lowest BCUT2D eigenvalue weighted by Crippen LogP contribution is -2.35. The minimum absolute atomic E-state index is 0.00252. The number of nitrogens with one attached hydrogen (secondary N) is 3. The molecule has 73 heteroatoms. The number of anilines is 3. The van der Waals surface area contributed by atoms with Crippen molar-refractivity contribution in [1.82, 2.24) is 104 Å². The SMILES string of the molecule is Nc1nc2c(ncn2[C@@H]2O[C@@H]3COP(O)(=S)O[C@H]4[C@H](F)[C@H](n5nnc6c5N=CCC6N)O[C@@H]4COP(=O)(S)O[C@@H]2C3)c(=O)[nH]1.Nc1nc2c(ncn2[C@@H]2S[C@@H]3COP(=O)(O)O[C@H]4[C@H](F)[C@H](n5cnc6c5N=CCC6=O)O[C@@H]4COP(O)(=S)O[C@@H]2[C@@H]3O)c(=O)[nH]1.Nc1nc2c(nnn2[C@@H]2O[C@@H]3COP(O)(=S)O[C@H]4[C@H](F)[C@H](n5nnc6c5N=CCC6N)O[C@@H]4COP(O)(=S)O[C@@H]2C3)c(=O)[nH]1. The van der Waals surface area contributed by atoms with Crippen LogP contribution in [0.2, 0.25) is 0 Å². The Balaban J connectivity index is 0.000000129. The average Bonchev–Trinajstić information content (AvgIpc) is 1.62. The monoisotopic (exact) mass is 2100 g/mol. The standard InChI is InChI=1S/C21H23FN8O11P2S2.C20H25FN10O9P2S2.C19H24FN11O9P2S2/c22-10-14-8(39-19(10)29-5-25-11-7(31)1-2-24-16(11)29)3-38-43(36,44)41-15-13(32)9(4-37-42(34,35)40-14)45-20(15)30-6-26-12-17(30)27-21(23)28-18(12)33;21-11-14-10(38-19(11)31-15-12(28-29-31)8(22)1-2-24-15)5-36-41(33,43)39-9-3-7(4-35-42(34,44)40-14)37-18(9)30-6-25-13-16(30)26-20(23)27-17(13)32;20-10-13-9(38-18(10)30-14-11(26-28-30)7(21)1-2-23-14)5-36-41(33,43)39-8-3-6(4-35-42(34,44)40-13)37-17(8)31-15-12(27-29-31)16(32)25-19(22)24-15/h2,5-6,8-10,13-15,19-20,32H,1,3-4H2,(H,34,35)(H,36,44)(H3,23,27,28,33);2,6-11,14,18-19H,1,3-5,22H2,(H,33,43)(H,34,44)(H3,23,26,27,32);2,6-10,13,17-18H,1,3-5,21H2,(H,33,43)(H,34,44)(H3,22,24,25,32)/t8-,9-,10+,13-,14-,15-,19-,20-,43?;7-,8?,9+,10+,11-,14+,18+,19+,41?,42?;6-,7?,8+,9+,10-,13+,17+,18+,41?,42?/m100/s1. The number of hydrogen-bond acceptors (Lipinski definition) is 49. The van der Waals surface area contributed by atoms with E-state index in [-0.39, 0.29) is 113 Å². The number of carbonyl (C=O) groups is 1. The first-order valence-corrected chi connectivity index (χ1v) is 54.7. The molecule has 8 unspecified atom stereocenters. The molecular formula is C60H72F3N29O29P6S6. The number of fused-ring (bicyclic) bond motifs is 15. The molecule has 12 aliphatic rings. The van der Waals surface area contributed by atoms with E-state index < -0.39 is 230 Å². The molecule has 9 aromatic heterocycles. The Bertz CT molecular complexity index is 6430. The average molecular weight is 2100 g/mol. The number of ketones is 1. The Morgan fingerprint density at radius 2 is 0.925 bits per heavy atom. The number of imidazole rings is 3. The van der Waals surface area contributed by atoms with E-state index in [1.54, 1.807) is 12.4 Å². The van der Waals surface area contributed by atoms with Crippen LogP contribution in [-0.2, 0) is 134 Å². The van der Waals surface area contributed by atoms with Gasteiger partial charge in [-0.15, -0.1) is 27.1 Å².